The number of carbonyl (C=O) groups is 2. The zero-order valence-electron chi connectivity index (χ0n) is 18.6. The maximum atomic E-state index is 12.7. The normalized spacial score (nSPS) is 12.1. The Balaban J connectivity index is 1.50. The molecule has 0 bridgehead atoms. The van der Waals surface area contributed by atoms with Crippen LogP contribution in [0.1, 0.15) is 22.8 Å². The lowest BCUT2D eigenvalue weighted by Crippen LogP contribution is -2.17. The van der Waals surface area contributed by atoms with Gasteiger partial charge in [0.1, 0.15) is 0 Å². The minimum atomic E-state index is -0.278. The van der Waals surface area contributed by atoms with Gasteiger partial charge >= 0.3 is 0 Å². The van der Waals surface area contributed by atoms with Gasteiger partial charge in [-0.3, -0.25) is 14.2 Å². The molecular weight excluding hydrogens is 444 g/mol. The van der Waals surface area contributed by atoms with E-state index in [1.54, 1.807) is 19.2 Å². The Morgan fingerprint density at radius 2 is 1.97 bits per heavy atom. The predicted molar refractivity (Wildman–Crippen MR) is 124 cm³/mol. The van der Waals surface area contributed by atoms with Crippen molar-refractivity contribution in [3.63, 3.8) is 0 Å². The van der Waals surface area contributed by atoms with Gasteiger partial charge in [0.05, 0.1) is 24.6 Å². The molecule has 0 unspecified atom stereocenters. The second-order valence-electron chi connectivity index (χ2n) is 7.46. The monoisotopic (exact) mass is 468 g/mol. The number of carbonyl (C=O) groups excluding carboxylic acids is 2. The Hall–Kier alpha value is -3.37. The van der Waals surface area contributed by atoms with Crippen molar-refractivity contribution in [1.82, 2.24) is 14.8 Å². The van der Waals surface area contributed by atoms with Gasteiger partial charge in [-0.15, -0.1) is 10.2 Å². The van der Waals surface area contributed by atoms with Crippen molar-refractivity contribution in [2.24, 2.45) is 0 Å². The van der Waals surface area contributed by atoms with E-state index in [0.717, 1.165) is 11.1 Å². The maximum Gasteiger partial charge on any atom is 0.234 e. The summed E-state index contributed by atoms with van der Waals surface area (Å²) in [5.41, 5.74) is 2.81. The van der Waals surface area contributed by atoms with Crippen LogP contribution in [0.5, 0.6) is 11.5 Å². The highest BCUT2D eigenvalue weighted by Gasteiger charge is 2.21. The van der Waals surface area contributed by atoms with Crippen LogP contribution in [-0.2, 0) is 16.1 Å². The van der Waals surface area contributed by atoms with E-state index in [0.29, 0.717) is 46.9 Å². The third-order valence-electron chi connectivity index (χ3n) is 5.01. The molecule has 0 saturated carbocycles. The number of ether oxygens (including phenoxy) is 3. The van der Waals surface area contributed by atoms with Crippen LogP contribution in [0.2, 0.25) is 0 Å². The van der Waals surface area contributed by atoms with E-state index in [-0.39, 0.29) is 24.2 Å². The Kier molecular flexibility index (Phi) is 6.95. The maximum absolute atomic E-state index is 12.7. The van der Waals surface area contributed by atoms with Gasteiger partial charge < -0.3 is 19.5 Å². The molecule has 2 heterocycles. The number of anilines is 1. The summed E-state index contributed by atoms with van der Waals surface area (Å²) in [6.07, 6.45) is 0. The number of hydrogen-bond donors (Lipinski definition) is 1. The largest absolute Gasteiger partial charge is 0.454 e. The highest BCUT2D eigenvalue weighted by atomic mass is 32.2. The van der Waals surface area contributed by atoms with Gasteiger partial charge in [0.2, 0.25) is 12.7 Å². The zero-order chi connectivity index (χ0) is 23.4. The lowest BCUT2D eigenvalue weighted by molar-refractivity contribution is -0.113. The Morgan fingerprint density at radius 1 is 1.18 bits per heavy atom. The number of Topliss-reactive ketones (excluding diaryl/α,β-unsaturated/α-hetero) is 1. The first kappa shape index (κ1) is 22.8. The summed E-state index contributed by atoms with van der Waals surface area (Å²) >= 11 is 1.27. The lowest BCUT2D eigenvalue weighted by Gasteiger charge is -2.12. The Labute approximate surface area is 195 Å². The number of benzene rings is 2. The van der Waals surface area contributed by atoms with E-state index in [9.17, 15) is 9.59 Å². The number of nitrogens with one attached hydrogen (secondary N) is 1. The summed E-state index contributed by atoms with van der Waals surface area (Å²) in [6, 6.07) is 11.2. The smallest absolute Gasteiger partial charge is 0.234 e. The molecule has 3 aromatic rings. The average Bonchev–Trinajstić information content (AvgIpc) is 3.41. The van der Waals surface area contributed by atoms with Crippen molar-refractivity contribution in [3.8, 4) is 22.9 Å². The van der Waals surface area contributed by atoms with Crippen molar-refractivity contribution in [2.75, 3.05) is 31.6 Å². The topological polar surface area (TPSA) is 105 Å². The van der Waals surface area contributed by atoms with Crippen LogP contribution < -0.4 is 14.8 Å². The molecule has 1 aromatic heterocycles. The van der Waals surface area contributed by atoms with Crippen LogP contribution in [-0.4, -0.2) is 52.7 Å². The molecular formula is C23H24N4O5S. The van der Waals surface area contributed by atoms with E-state index in [2.05, 4.69) is 15.5 Å². The minimum Gasteiger partial charge on any atom is -0.454 e. The molecule has 0 atom stereocenters. The Bertz CT molecular complexity index is 1190. The highest BCUT2D eigenvalue weighted by Crippen LogP contribution is 2.37. The molecule has 33 heavy (non-hydrogen) atoms. The molecule has 1 N–H and O–H groups in total. The molecule has 0 fully saturated rings. The van der Waals surface area contributed by atoms with Crippen LogP contribution in [0.4, 0.5) is 5.69 Å². The van der Waals surface area contributed by atoms with Gasteiger partial charge in [0, 0.05) is 24.3 Å². The first-order chi connectivity index (χ1) is 16.0. The van der Waals surface area contributed by atoms with E-state index in [1.165, 1.54) is 18.7 Å². The number of fused-ring (bicyclic) bond motifs is 1. The SMILES string of the molecule is COCCn1c(SCC(=O)Nc2cc3c(cc2C(C)=O)OCO3)nnc1-c1cccc(C)c1. The van der Waals surface area contributed by atoms with Gasteiger partial charge in [-0.05, 0) is 26.0 Å². The van der Waals surface area contributed by atoms with Crippen molar-refractivity contribution < 1.29 is 23.8 Å². The van der Waals surface area contributed by atoms with E-state index in [1.807, 2.05) is 35.8 Å². The van der Waals surface area contributed by atoms with Crippen LogP contribution in [0.15, 0.2) is 41.6 Å². The van der Waals surface area contributed by atoms with E-state index < -0.39 is 0 Å². The molecule has 0 spiro atoms. The number of hydrogen-bond acceptors (Lipinski definition) is 8. The average molecular weight is 469 g/mol. The summed E-state index contributed by atoms with van der Waals surface area (Å²) < 4.78 is 17.9. The molecule has 1 aliphatic rings. The predicted octanol–water partition coefficient (Wildman–Crippen LogP) is 3.56. The fourth-order valence-corrected chi connectivity index (χ4v) is 4.19. The van der Waals surface area contributed by atoms with Crippen LogP contribution in [0, 0.1) is 6.92 Å². The van der Waals surface area contributed by atoms with Crippen molar-refractivity contribution >= 4 is 29.1 Å². The molecule has 1 aliphatic heterocycles. The molecule has 172 valence electrons. The van der Waals surface area contributed by atoms with Crippen LogP contribution >= 0.6 is 11.8 Å². The van der Waals surface area contributed by atoms with Crippen LogP contribution in [0.25, 0.3) is 11.4 Å². The third kappa shape index (κ3) is 5.18. The molecule has 1 amide bonds. The molecule has 0 aliphatic carbocycles. The molecule has 2 aromatic carbocycles. The van der Waals surface area contributed by atoms with E-state index in [4.69, 9.17) is 14.2 Å². The van der Waals surface area contributed by atoms with E-state index >= 15 is 0 Å². The van der Waals surface area contributed by atoms with Gasteiger partial charge in [-0.1, -0.05) is 35.5 Å². The summed E-state index contributed by atoms with van der Waals surface area (Å²) in [4.78, 5) is 24.8. The molecule has 0 saturated heterocycles. The number of thioether (sulfide) groups is 1. The number of methoxy groups -OCH3 is 1. The molecule has 10 heteroatoms. The number of rotatable bonds is 9. The van der Waals surface area contributed by atoms with Gasteiger partial charge in [0.25, 0.3) is 0 Å². The summed E-state index contributed by atoms with van der Waals surface area (Å²) in [7, 11) is 1.63. The zero-order valence-corrected chi connectivity index (χ0v) is 19.4. The van der Waals surface area contributed by atoms with Crippen molar-refractivity contribution in [1.29, 1.82) is 0 Å². The highest BCUT2D eigenvalue weighted by molar-refractivity contribution is 7.99. The van der Waals surface area contributed by atoms with Gasteiger partial charge in [-0.2, -0.15) is 0 Å². The minimum absolute atomic E-state index is 0.0837. The number of aryl methyl sites for hydroxylation is 1. The van der Waals surface area contributed by atoms with Crippen molar-refractivity contribution in [3.05, 3.63) is 47.5 Å². The molecule has 0 radical (unpaired) electrons. The molecule has 4 rings (SSSR count). The van der Waals surface area contributed by atoms with Gasteiger partial charge in [0.15, 0.2) is 28.3 Å². The second-order valence-corrected chi connectivity index (χ2v) is 8.41. The number of nitrogens with zero attached hydrogens (tertiary/aromatic N) is 3. The molecule has 9 nitrogen and oxygen atoms in total. The fraction of sp³-hybridized carbons (Fsp3) is 0.304. The van der Waals surface area contributed by atoms with Gasteiger partial charge in [-0.25, -0.2) is 0 Å². The first-order valence-corrected chi connectivity index (χ1v) is 11.3. The first-order valence-electron chi connectivity index (χ1n) is 10.3. The number of ketones is 1. The van der Waals surface area contributed by atoms with Crippen LogP contribution in [0.3, 0.4) is 0 Å². The number of amides is 1. The third-order valence-corrected chi connectivity index (χ3v) is 5.98. The second kappa shape index (κ2) is 10.1. The Morgan fingerprint density at radius 3 is 2.70 bits per heavy atom. The lowest BCUT2D eigenvalue weighted by atomic mass is 10.1. The summed E-state index contributed by atoms with van der Waals surface area (Å²) in [5, 5.41) is 12.1. The summed E-state index contributed by atoms with van der Waals surface area (Å²) in [6.45, 7) is 4.57. The number of aromatic nitrogens is 3. The van der Waals surface area contributed by atoms with Crippen molar-refractivity contribution in [2.45, 2.75) is 25.5 Å². The summed E-state index contributed by atoms with van der Waals surface area (Å²) in [5.74, 6) is 1.32. The quantitative estimate of drug-likeness (QED) is 0.375. The standard InChI is InChI=1S/C23H24N4O5S/c1-14-5-4-6-16(9-14)22-25-26-23(27(22)7-8-30-3)33-12-21(29)24-18-11-20-19(31-13-32-20)10-17(18)15(2)28/h4-6,9-11H,7-8,12-13H2,1-3H3,(H,24,29). The fourth-order valence-electron chi connectivity index (χ4n) is 3.43.